The molecule has 0 bridgehead atoms. The molecular formula is C16H24BrNO2. The second kappa shape index (κ2) is 6.92. The molecule has 1 heterocycles. The Morgan fingerprint density at radius 2 is 2.30 bits per heavy atom. The molecule has 0 aliphatic carbocycles. The van der Waals surface area contributed by atoms with Gasteiger partial charge >= 0.3 is 0 Å². The first-order chi connectivity index (χ1) is 9.59. The number of halogens is 1. The molecule has 4 heteroatoms. The zero-order valence-electron chi connectivity index (χ0n) is 12.5. The minimum absolute atomic E-state index is 0.0800. The number of benzene rings is 1. The van der Waals surface area contributed by atoms with E-state index in [1.807, 2.05) is 12.1 Å². The molecule has 2 atom stereocenters. The van der Waals surface area contributed by atoms with Gasteiger partial charge in [-0.25, -0.2) is 0 Å². The van der Waals surface area contributed by atoms with Gasteiger partial charge in [-0.3, -0.25) is 0 Å². The minimum atomic E-state index is -0.0800. The van der Waals surface area contributed by atoms with Crippen molar-refractivity contribution in [3.8, 4) is 5.75 Å². The largest absolute Gasteiger partial charge is 0.496 e. The third kappa shape index (κ3) is 3.54. The number of methoxy groups -OCH3 is 1. The maximum absolute atomic E-state index is 6.02. The van der Waals surface area contributed by atoms with Crippen LogP contribution in [0.1, 0.15) is 32.3 Å². The number of hydrogen-bond donors (Lipinski definition) is 1. The summed E-state index contributed by atoms with van der Waals surface area (Å²) in [5, 5.41) is 3.59. The van der Waals surface area contributed by atoms with Gasteiger partial charge in [-0.1, -0.05) is 22.9 Å². The van der Waals surface area contributed by atoms with E-state index >= 15 is 0 Å². The van der Waals surface area contributed by atoms with E-state index in [1.165, 1.54) is 5.56 Å². The van der Waals surface area contributed by atoms with Gasteiger partial charge in [0.1, 0.15) is 5.75 Å². The van der Waals surface area contributed by atoms with Gasteiger partial charge < -0.3 is 14.8 Å². The van der Waals surface area contributed by atoms with Gasteiger partial charge in [0, 0.05) is 17.1 Å². The molecule has 2 rings (SSSR count). The first-order valence-electron chi connectivity index (χ1n) is 7.29. The number of likely N-dealkylation sites (N-methyl/N-ethyl adjacent to an activating group) is 1. The molecule has 0 amide bonds. The Hall–Kier alpha value is -0.580. The fourth-order valence-electron chi connectivity index (χ4n) is 2.95. The Kier molecular flexibility index (Phi) is 5.47. The van der Waals surface area contributed by atoms with Crippen molar-refractivity contribution in [1.29, 1.82) is 0 Å². The highest BCUT2D eigenvalue weighted by Crippen LogP contribution is 2.32. The average Bonchev–Trinajstić information content (AvgIpc) is 2.87. The summed E-state index contributed by atoms with van der Waals surface area (Å²) in [6, 6.07) is 6.47. The van der Waals surface area contributed by atoms with E-state index in [1.54, 1.807) is 7.11 Å². The van der Waals surface area contributed by atoms with Crippen molar-refractivity contribution in [2.24, 2.45) is 0 Å². The maximum atomic E-state index is 6.02. The molecule has 1 fully saturated rings. The van der Waals surface area contributed by atoms with Crippen LogP contribution in [0.4, 0.5) is 0 Å². The molecule has 0 saturated carbocycles. The Bertz CT molecular complexity index is 444. The summed E-state index contributed by atoms with van der Waals surface area (Å²) in [6.07, 6.45) is 3.17. The number of rotatable bonds is 6. The van der Waals surface area contributed by atoms with E-state index in [4.69, 9.17) is 9.47 Å². The molecule has 0 radical (unpaired) electrons. The molecule has 1 aromatic carbocycles. The lowest BCUT2D eigenvalue weighted by Crippen LogP contribution is -2.49. The highest BCUT2D eigenvalue weighted by atomic mass is 79.9. The lowest BCUT2D eigenvalue weighted by Gasteiger charge is -2.34. The summed E-state index contributed by atoms with van der Waals surface area (Å²) in [7, 11) is 1.72. The van der Waals surface area contributed by atoms with Gasteiger partial charge in [0.2, 0.25) is 0 Å². The molecule has 0 aromatic heterocycles. The average molecular weight is 342 g/mol. The van der Waals surface area contributed by atoms with Crippen LogP contribution in [-0.4, -0.2) is 31.9 Å². The highest BCUT2D eigenvalue weighted by molar-refractivity contribution is 9.10. The van der Waals surface area contributed by atoms with Crippen LogP contribution in [0.15, 0.2) is 22.7 Å². The summed E-state index contributed by atoms with van der Waals surface area (Å²) in [4.78, 5) is 0. The van der Waals surface area contributed by atoms with Crippen LogP contribution in [0, 0.1) is 0 Å². The standard InChI is InChI=1S/C16H24BrNO2/c1-4-18-15(16(2)8-5-9-20-16)11-12-10-13(17)6-7-14(12)19-3/h6-7,10,15,18H,4-5,8-9,11H2,1-3H3. The molecule has 1 N–H and O–H groups in total. The van der Waals surface area contributed by atoms with E-state index in [0.717, 1.165) is 42.6 Å². The SMILES string of the molecule is CCNC(Cc1cc(Br)ccc1OC)C1(C)CCCO1. The molecule has 1 aliphatic heterocycles. The summed E-state index contributed by atoms with van der Waals surface area (Å²) in [5.74, 6) is 0.942. The van der Waals surface area contributed by atoms with Gasteiger partial charge in [0.15, 0.2) is 0 Å². The van der Waals surface area contributed by atoms with Crippen molar-refractivity contribution in [2.75, 3.05) is 20.3 Å². The van der Waals surface area contributed by atoms with Crippen molar-refractivity contribution in [3.05, 3.63) is 28.2 Å². The summed E-state index contributed by atoms with van der Waals surface area (Å²) >= 11 is 3.54. The van der Waals surface area contributed by atoms with E-state index in [0.29, 0.717) is 6.04 Å². The zero-order valence-corrected chi connectivity index (χ0v) is 14.1. The third-order valence-electron chi connectivity index (χ3n) is 4.10. The van der Waals surface area contributed by atoms with Crippen molar-refractivity contribution in [1.82, 2.24) is 5.32 Å². The number of hydrogen-bond acceptors (Lipinski definition) is 3. The molecule has 1 aromatic rings. The van der Waals surface area contributed by atoms with Gasteiger partial charge in [0.25, 0.3) is 0 Å². The van der Waals surface area contributed by atoms with Crippen molar-refractivity contribution in [3.63, 3.8) is 0 Å². The Labute approximate surface area is 130 Å². The monoisotopic (exact) mass is 341 g/mol. The van der Waals surface area contributed by atoms with Crippen LogP contribution >= 0.6 is 15.9 Å². The third-order valence-corrected chi connectivity index (χ3v) is 4.60. The van der Waals surface area contributed by atoms with Gasteiger partial charge in [-0.2, -0.15) is 0 Å². The Morgan fingerprint density at radius 1 is 1.50 bits per heavy atom. The second-order valence-electron chi connectivity index (χ2n) is 5.54. The molecule has 20 heavy (non-hydrogen) atoms. The topological polar surface area (TPSA) is 30.5 Å². The van der Waals surface area contributed by atoms with Crippen LogP contribution in [0.25, 0.3) is 0 Å². The van der Waals surface area contributed by atoms with Gasteiger partial charge in [-0.05, 0) is 56.5 Å². The number of nitrogens with one attached hydrogen (secondary N) is 1. The highest BCUT2D eigenvalue weighted by Gasteiger charge is 2.38. The molecule has 1 aliphatic rings. The van der Waals surface area contributed by atoms with Gasteiger partial charge in [0.05, 0.1) is 12.7 Å². The first kappa shape index (κ1) is 15.8. The van der Waals surface area contributed by atoms with Crippen LogP contribution < -0.4 is 10.1 Å². The quantitative estimate of drug-likeness (QED) is 0.858. The molecule has 3 nitrogen and oxygen atoms in total. The van der Waals surface area contributed by atoms with Crippen LogP contribution in [-0.2, 0) is 11.2 Å². The normalized spacial score (nSPS) is 23.8. The summed E-state index contributed by atoms with van der Waals surface area (Å²) < 4.78 is 12.6. The lowest BCUT2D eigenvalue weighted by atomic mass is 9.88. The Balaban J connectivity index is 2.21. The van der Waals surface area contributed by atoms with Crippen LogP contribution in [0.3, 0.4) is 0 Å². The fourth-order valence-corrected chi connectivity index (χ4v) is 3.36. The van der Waals surface area contributed by atoms with E-state index in [2.05, 4.69) is 41.2 Å². The van der Waals surface area contributed by atoms with E-state index in [9.17, 15) is 0 Å². The second-order valence-corrected chi connectivity index (χ2v) is 6.45. The first-order valence-corrected chi connectivity index (χ1v) is 8.08. The number of ether oxygens (including phenoxy) is 2. The predicted molar refractivity (Wildman–Crippen MR) is 85.5 cm³/mol. The molecule has 112 valence electrons. The molecular weight excluding hydrogens is 318 g/mol. The Morgan fingerprint density at radius 3 is 2.90 bits per heavy atom. The van der Waals surface area contributed by atoms with Crippen molar-refractivity contribution >= 4 is 15.9 Å². The summed E-state index contributed by atoms with van der Waals surface area (Å²) in [6.45, 7) is 6.18. The van der Waals surface area contributed by atoms with Crippen molar-refractivity contribution < 1.29 is 9.47 Å². The van der Waals surface area contributed by atoms with Crippen molar-refractivity contribution in [2.45, 2.75) is 44.8 Å². The molecule has 1 saturated heterocycles. The summed E-state index contributed by atoms with van der Waals surface area (Å²) in [5.41, 5.74) is 1.13. The molecule has 0 spiro atoms. The van der Waals surface area contributed by atoms with E-state index < -0.39 is 0 Å². The maximum Gasteiger partial charge on any atom is 0.122 e. The minimum Gasteiger partial charge on any atom is -0.496 e. The smallest absolute Gasteiger partial charge is 0.122 e. The zero-order chi connectivity index (χ0) is 14.6. The van der Waals surface area contributed by atoms with Gasteiger partial charge in [-0.15, -0.1) is 0 Å². The van der Waals surface area contributed by atoms with Crippen LogP contribution in [0.5, 0.6) is 5.75 Å². The van der Waals surface area contributed by atoms with E-state index in [-0.39, 0.29) is 5.60 Å². The fraction of sp³-hybridized carbons (Fsp3) is 0.625. The predicted octanol–water partition coefficient (Wildman–Crippen LogP) is 3.55. The lowest BCUT2D eigenvalue weighted by molar-refractivity contribution is -0.0111. The van der Waals surface area contributed by atoms with Crippen LogP contribution in [0.2, 0.25) is 0 Å². The molecule has 2 unspecified atom stereocenters.